The highest BCUT2D eigenvalue weighted by atomic mass is 16.7. The van der Waals surface area contributed by atoms with Gasteiger partial charge in [-0.05, 0) is 51.4 Å². The highest BCUT2D eigenvalue weighted by Crippen LogP contribution is 2.45. The molecule has 0 aromatic carbocycles. The van der Waals surface area contributed by atoms with Crippen molar-refractivity contribution in [3.63, 3.8) is 0 Å². The van der Waals surface area contributed by atoms with Crippen molar-refractivity contribution in [1.82, 2.24) is 0 Å². The first kappa shape index (κ1) is 37.7. The third kappa shape index (κ3) is 7.96. The Morgan fingerprint density at radius 2 is 1.65 bits per heavy atom. The lowest BCUT2D eigenvalue weighted by Gasteiger charge is -2.52. The summed E-state index contributed by atoms with van der Waals surface area (Å²) in [6, 6.07) is 0.162. The molecule has 51 heavy (non-hydrogen) atoms. The molecular weight excluding hydrogens is 668 g/mol. The summed E-state index contributed by atoms with van der Waals surface area (Å²) >= 11 is 0. The van der Waals surface area contributed by atoms with E-state index in [4.69, 9.17) is 23.7 Å². The van der Waals surface area contributed by atoms with Gasteiger partial charge in [-0.25, -0.2) is 0 Å². The number of ether oxygens (including phenoxy) is 5. The second-order valence-corrected chi connectivity index (χ2v) is 16.1. The first-order valence-corrected chi connectivity index (χ1v) is 19.1. The standard InChI is InChI=1S/C36H54N2O13/c39-23-14-24(19-8-10-22(11-9-19)47-21-6-2-3-7-21)48-25-15-26(30(28(40)27(23)25)51-35(45)12-4-1-5-13-35)49-34-29(41)31(42)36(46,32(50-34)33(43)44)16-20-17-37-18-38-20/h17-19,21-32,34,39-42,45-46H,1-16H2/p+1. The van der Waals surface area contributed by atoms with Crippen LogP contribution >= 0.6 is 0 Å². The van der Waals surface area contributed by atoms with E-state index in [1.165, 1.54) is 25.7 Å². The number of hydrogen-bond acceptors (Lipinski definition) is 13. The number of fused-ring (bicyclic) bond motifs is 1. The van der Waals surface area contributed by atoms with E-state index < -0.39 is 84.8 Å². The van der Waals surface area contributed by atoms with Crippen molar-refractivity contribution < 1.29 is 64.2 Å². The summed E-state index contributed by atoms with van der Waals surface area (Å²) < 4.78 is 29.7. The molecule has 7 N–H and O–H groups in total. The summed E-state index contributed by atoms with van der Waals surface area (Å²) in [5.41, 5.74) is -2.54. The normalized spacial score (nSPS) is 46.1. The van der Waals surface area contributed by atoms with Crippen molar-refractivity contribution >= 4 is 12.2 Å². The van der Waals surface area contributed by atoms with E-state index >= 15 is 0 Å². The van der Waals surface area contributed by atoms with Gasteiger partial charge in [-0.15, -0.1) is 0 Å². The summed E-state index contributed by atoms with van der Waals surface area (Å²) in [4.78, 5) is 16.1. The van der Waals surface area contributed by atoms with Crippen LogP contribution in [0.4, 0.5) is 0 Å². The molecule has 7 aliphatic rings. The average molecular weight is 724 g/mol. The van der Waals surface area contributed by atoms with E-state index in [-0.39, 0.29) is 30.6 Å². The number of hydrogen-bond donors (Lipinski definition) is 6. The number of nitrogens with zero attached hydrogens (tertiary/aromatic N) is 2. The Labute approximate surface area is 298 Å². The minimum atomic E-state index is -2.54. The number of carboxylic acids is 1. The molecule has 15 heteroatoms. The van der Waals surface area contributed by atoms with E-state index in [0.717, 1.165) is 44.9 Å². The number of carbonyl (C=O) groups is 1. The number of carboxylic acid groups (broad SMARTS) is 1. The zero-order valence-corrected chi connectivity index (χ0v) is 29.0. The molecule has 6 fully saturated rings. The molecule has 0 spiro atoms. The zero-order chi connectivity index (χ0) is 35.9. The Balaban J connectivity index is 1.07. The van der Waals surface area contributed by atoms with E-state index in [1.807, 2.05) is 0 Å². The van der Waals surface area contributed by atoms with Gasteiger partial charge in [-0.1, -0.05) is 24.3 Å². The summed E-state index contributed by atoms with van der Waals surface area (Å²) in [5.74, 6) is -3.89. The second-order valence-electron chi connectivity index (χ2n) is 16.1. The van der Waals surface area contributed by atoms with Gasteiger partial charge in [0.1, 0.15) is 30.8 Å². The maximum Gasteiger partial charge on any atom is 0.301 e. The van der Waals surface area contributed by atoms with Crippen LogP contribution in [0.2, 0.25) is 0 Å². The molecule has 286 valence electrons. The first-order chi connectivity index (χ1) is 24.4. The molecule has 0 aromatic heterocycles. The van der Waals surface area contributed by atoms with Gasteiger partial charge in [0.25, 0.3) is 0 Å². The molecular formula is C36H55N2O13+. The van der Waals surface area contributed by atoms with Gasteiger partial charge in [-0.3, -0.25) is 5.32 Å². The molecule has 4 aliphatic carbocycles. The van der Waals surface area contributed by atoms with Crippen LogP contribution in [0, 0.1) is 24.5 Å². The Morgan fingerprint density at radius 1 is 0.941 bits per heavy atom. The lowest BCUT2D eigenvalue weighted by atomic mass is 9.71. The van der Waals surface area contributed by atoms with Crippen LogP contribution in [-0.4, -0.2) is 132 Å². The predicted molar refractivity (Wildman–Crippen MR) is 176 cm³/mol. The maximum atomic E-state index is 12.3. The number of carbonyl (C=O) groups excluding carboxylic acids is 1. The molecule has 0 aromatic rings. The fraction of sp³-hybridized carbons (Fsp3) is 0.889. The van der Waals surface area contributed by atoms with Crippen LogP contribution < -0.4 is 5.11 Å². The fourth-order valence-electron chi connectivity index (χ4n) is 9.84. The molecule has 0 radical (unpaired) electrons. The number of aliphatic carboxylic acids is 1. The van der Waals surface area contributed by atoms with Crippen molar-refractivity contribution in [3.05, 3.63) is 18.0 Å². The maximum absolute atomic E-state index is 12.3. The molecule has 12 atom stereocenters. The van der Waals surface area contributed by atoms with Crippen LogP contribution in [-0.2, 0) is 23.7 Å². The summed E-state index contributed by atoms with van der Waals surface area (Å²) in [7, 11) is 0. The van der Waals surface area contributed by atoms with Gasteiger partial charge in [0.2, 0.25) is 0 Å². The van der Waals surface area contributed by atoms with Crippen LogP contribution in [0.3, 0.4) is 0 Å². The van der Waals surface area contributed by atoms with E-state index in [1.54, 1.807) is 0 Å². The third-order valence-corrected chi connectivity index (χ3v) is 12.6. The van der Waals surface area contributed by atoms with Crippen LogP contribution in [0.25, 0.3) is 5.32 Å². The van der Waals surface area contributed by atoms with Crippen LogP contribution in [0.1, 0.15) is 103 Å². The monoisotopic (exact) mass is 723 g/mol. The van der Waals surface area contributed by atoms with E-state index in [0.29, 0.717) is 38.2 Å². The topological polar surface area (TPSA) is 238 Å². The summed E-state index contributed by atoms with van der Waals surface area (Å²) in [6.45, 7) is 1.20. The molecule has 4 saturated carbocycles. The highest BCUT2D eigenvalue weighted by molar-refractivity contribution is 5.82. The molecule has 2 saturated heterocycles. The lowest BCUT2D eigenvalue weighted by molar-refractivity contribution is -0.386. The van der Waals surface area contributed by atoms with E-state index in [9.17, 15) is 40.5 Å². The summed E-state index contributed by atoms with van der Waals surface area (Å²) in [5, 5.41) is 84.8. The number of aliphatic hydroxyl groups excluding tert-OH is 4. The average Bonchev–Trinajstić information content (AvgIpc) is 3.82. The quantitative estimate of drug-likeness (QED) is 0.0974. The van der Waals surface area contributed by atoms with Crippen molar-refractivity contribution in [1.29, 1.82) is 0 Å². The molecule has 0 bridgehead atoms. The predicted octanol–water partition coefficient (Wildman–Crippen LogP) is -0.235. The molecule has 7 rings (SSSR count). The Bertz CT molecular complexity index is 1210. The van der Waals surface area contributed by atoms with Crippen molar-refractivity contribution in [2.75, 3.05) is 0 Å². The van der Waals surface area contributed by atoms with Crippen molar-refractivity contribution in [2.24, 2.45) is 16.8 Å². The second kappa shape index (κ2) is 15.6. The van der Waals surface area contributed by atoms with Gasteiger partial charge in [0.05, 0.1) is 49.1 Å². The minimum Gasteiger partial charge on any atom is -0.547 e. The molecule has 3 aliphatic heterocycles. The molecule has 3 heterocycles. The Hall–Kier alpha value is -1.60. The van der Waals surface area contributed by atoms with E-state index in [2.05, 4.69) is 10.3 Å². The van der Waals surface area contributed by atoms with Gasteiger partial charge in [0.15, 0.2) is 35.9 Å². The Morgan fingerprint density at radius 3 is 2.31 bits per heavy atom. The third-order valence-electron chi connectivity index (χ3n) is 12.6. The highest BCUT2D eigenvalue weighted by Gasteiger charge is 2.62. The lowest BCUT2D eigenvalue weighted by Crippen LogP contribution is -2.71. The van der Waals surface area contributed by atoms with Crippen LogP contribution in [0.15, 0.2) is 4.99 Å². The van der Waals surface area contributed by atoms with Crippen LogP contribution in [0.5, 0.6) is 0 Å². The number of rotatable bonds is 10. The molecule has 12 unspecified atom stereocenters. The van der Waals surface area contributed by atoms with Gasteiger partial charge < -0.3 is 64.2 Å². The largest absolute Gasteiger partial charge is 0.547 e. The van der Waals surface area contributed by atoms with Gasteiger partial charge in [-0.2, -0.15) is 0 Å². The SMILES string of the molecule is O=C([O-])C1OC(OC2CC3[OH+]C(C4CCC(OC5CCCC5)CC4)CC(O)C3C(O)C2OC2(O)CCCCC2)C(O)C(O)C1(O)C[C+]1C=N[CH+][N-]1. The Kier molecular flexibility index (Phi) is 11.6. The molecule has 0 amide bonds. The molecule has 15 nitrogen and oxygen atoms in total. The summed E-state index contributed by atoms with van der Waals surface area (Å²) in [6.07, 6.45) is -0.0112. The first-order valence-electron chi connectivity index (χ1n) is 19.1. The number of aliphatic hydroxyl groups is 8. The zero-order valence-electron chi connectivity index (χ0n) is 29.0. The number of aliphatic imine (C=N–C) groups is 1. The van der Waals surface area contributed by atoms with Gasteiger partial charge in [0, 0.05) is 31.6 Å². The van der Waals surface area contributed by atoms with Crippen molar-refractivity contribution in [3.8, 4) is 0 Å². The minimum absolute atomic E-state index is 0.0994. The van der Waals surface area contributed by atoms with Crippen molar-refractivity contribution in [2.45, 2.75) is 188 Å². The smallest absolute Gasteiger partial charge is 0.301 e. The fourth-order valence-corrected chi connectivity index (χ4v) is 9.84. The van der Waals surface area contributed by atoms with Gasteiger partial charge >= 0.3 is 6.21 Å².